The van der Waals surface area contributed by atoms with Crippen molar-refractivity contribution in [1.82, 2.24) is 10.1 Å². The zero-order valence-electron chi connectivity index (χ0n) is 15.2. The second-order valence-electron chi connectivity index (χ2n) is 7.09. The van der Waals surface area contributed by atoms with Crippen LogP contribution in [0, 0.1) is 0 Å². The first-order valence-corrected chi connectivity index (χ1v) is 8.81. The summed E-state index contributed by atoms with van der Waals surface area (Å²) >= 11 is 0. The Kier molecular flexibility index (Phi) is 6.79. The number of aromatic nitrogens is 1. The van der Waals surface area contributed by atoms with Gasteiger partial charge in [0.1, 0.15) is 17.5 Å². The number of carbonyl (C=O) groups is 2. The first-order chi connectivity index (χ1) is 12.7. The van der Waals surface area contributed by atoms with Gasteiger partial charge in [-0.15, -0.1) is 0 Å². The molecule has 2 aliphatic rings. The van der Waals surface area contributed by atoms with Crippen LogP contribution in [0.25, 0.3) is 0 Å². The smallest absolute Gasteiger partial charge is 0.290 e. The van der Waals surface area contributed by atoms with Crippen LogP contribution in [-0.4, -0.2) is 74.8 Å². The third-order valence-corrected chi connectivity index (χ3v) is 5.21. The summed E-state index contributed by atoms with van der Waals surface area (Å²) in [4.78, 5) is 33.4. The Bertz CT molecular complexity index is 687. The molecule has 4 N–H and O–H groups in total. The van der Waals surface area contributed by atoms with E-state index in [0.717, 1.165) is 0 Å². The van der Waals surface area contributed by atoms with Crippen LogP contribution in [0.2, 0.25) is 0 Å². The van der Waals surface area contributed by atoms with E-state index in [1.807, 2.05) is 0 Å². The number of ether oxygens (including phenoxy) is 1. The molecule has 152 valence electrons. The van der Waals surface area contributed by atoms with E-state index in [1.165, 1.54) is 6.07 Å². The second-order valence-corrected chi connectivity index (χ2v) is 7.09. The summed E-state index contributed by atoms with van der Waals surface area (Å²) in [7, 11) is 0. The maximum absolute atomic E-state index is 12.3. The maximum Gasteiger partial charge on any atom is 0.290 e. The van der Waals surface area contributed by atoms with Crippen molar-refractivity contribution in [1.29, 1.82) is 0 Å². The number of likely N-dealkylation sites (tertiary alicyclic amines) is 1. The number of piperidine rings is 1. The average Bonchev–Trinajstić information content (AvgIpc) is 3.04. The first kappa shape index (κ1) is 21.1. The highest BCUT2D eigenvalue weighted by atomic mass is 16.5. The molecule has 2 fully saturated rings. The molecule has 27 heavy (non-hydrogen) atoms. The molecule has 0 aliphatic carbocycles. The fourth-order valence-corrected chi connectivity index (χ4v) is 3.63. The van der Waals surface area contributed by atoms with Gasteiger partial charge in [-0.3, -0.25) is 14.4 Å². The van der Waals surface area contributed by atoms with E-state index in [0.29, 0.717) is 51.1 Å². The van der Waals surface area contributed by atoms with E-state index < -0.39 is 17.3 Å². The van der Waals surface area contributed by atoms with Gasteiger partial charge in [0.15, 0.2) is 0 Å². The van der Waals surface area contributed by atoms with Crippen LogP contribution < -0.4 is 5.56 Å². The highest BCUT2D eigenvalue weighted by Crippen LogP contribution is 2.39. The molecule has 0 aromatic carbocycles. The van der Waals surface area contributed by atoms with E-state index in [4.69, 9.17) is 19.2 Å². The van der Waals surface area contributed by atoms with Crippen LogP contribution in [0.3, 0.4) is 0 Å². The van der Waals surface area contributed by atoms with Gasteiger partial charge in [0.05, 0.1) is 12.2 Å². The molecule has 1 aromatic rings. The molecule has 3 heterocycles. The lowest BCUT2D eigenvalue weighted by atomic mass is 9.75. The number of aliphatic hydroxyl groups is 2. The summed E-state index contributed by atoms with van der Waals surface area (Å²) in [5.74, 6) is 0.440. The van der Waals surface area contributed by atoms with Gasteiger partial charge in [-0.1, -0.05) is 0 Å². The van der Waals surface area contributed by atoms with Crippen molar-refractivity contribution in [3.8, 4) is 0 Å². The molecule has 1 aromatic heterocycles. The number of carbonyl (C=O) groups excluding carboxylic acids is 1. The number of nitrogens with zero attached hydrogens (tertiary/aromatic N) is 1. The van der Waals surface area contributed by atoms with E-state index >= 15 is 0 Å². The van der Waals surface area contributed by atoms with E-state index in [9.17, 15) is 19.8 Å². The minimum Gasteiger partial charge on any atom is -0.483 e. The number of nitrogens with one attached hydrogen (secondary N) is 1. The average molecular weight is 386 g/mol. The van der Waals surface area contributed by atoms with Gasteiger partial charge in [0.2, 0.25) is 5.91 Å². The van der Waals surface area contributed by atoms with Crippen LogP contribution in [-0.2, 0) is 20.7 Å². The number of aryl methyl sites for hydroxylation is 1. The summed E-state index contributed by atoms with van der Waals surface area (Å²) in [6.07, 6.45) is 1.07. The molecule has 3 rings (SSSR count). The summed E-state index contributed by atoms with van der Waals surface area (Å²) < 4.78 is 10.8. The number of amides is 1. The van der Waals surface area contributed by atoms with Gasteiger partial charge in [-0.25, -0.2) is 0 Å². The van der Waals surface area contributed by atoms with Crippen molar-refractivity contribution in [2.45, 2.75) is 56.3 Å². The van der Waals surface area contributed by atoms with Crippen LogP contribution in [0.5, 0.6) is 0 Å². The molecular formula is C17H26N2O8. The van der Waals surface area contributed by atoms with Gasteiger partial charge in [0, 0.05) is 38.4 Å². The number of H-pyrrole nitrogens is 1. The summed E-state index contributed by atoms with van der Waals surface area (Å²) in [5, 5.41) is 29.9. The lowest BCUT2D eigenvalue weighted by molar-refractivity contribution is -0.245. The molecular weight excluding hydrogens is 360 g/mol. The number of hydrogen-bond acceptors (Lipinski definition) is 7. The zero-order chi connectivity index (χ0) is 20.1. The van der Waals surface area contributed by atoms with Crippen LogP contribution in [0.15, 0.2) is 15.4 Å². The molecule has 2 aliphatic heterocycles. The number of rotatable bonds is 3. The Morgan fingerprint density at radius 1 is 1.41 bits per heavy atom. The monoisotopic (exact) mass is 386 g/mol. The minimum absolute atomic E-state index is 0.0224. The first-order valence-electron chi connectivity index (χ1n) is 8.81. The van der Waals surface area contributed by atoms with Gasteiger partial charge < -0.3 is 29.5 Å². The minimum atomic E-state index is -1.16. The molecule has 0 unspecified atom stereocenters. The van der Waals surface area contributed by atoms with Crippen molar-refractivity contribution >= 4 is 12.4 Å². The van der Waals surface area contributed by atoms with Crippen molar-refractivity contribution < 1.29 is 34.2 Å². The lowest BCUT2D eigenvalue weighted by Crippen LogP contribution is -2.64. The molecule has 10 nitrogen and oxygen atoms in total. The Labute approximate surface area is 155 Å². The number of aliphatic hydroxyl groups excluding tert-OH is 1. The second kappa shape index (κ2) is 8.68. The Morgan fingerprint density at radius 2 is 2.04 bits per heavy atom. The Balaban J connectivity index is 0.000000817. The molecule has 2 saturated heterocycles. The molecule has 1 amide bonds. The third kappa shape index (κ3) is 4.96. The predicted octanol–water partition coefficient (Wildman–Crippen LogP) is -0.505. The quantitative estimate of drug-likeness (QED) is 0.507. The van der Waals surface area contributed by atoms with Gasteiger partial charge in [0.25, 0.3) is 12.0 Å². The fraction of sp³-hybridized carbons (Fsp3) is 0.706. The van der Waals surface area contributed by atoms with Gasteiger partial charge in [-0.05, 0) is 19.8 Å². The van der Waals surface area contributed by atoms with Crippen molar-refractivity contribution in [2.24, 2.45) is 0 Å². The maximum atomic E-state index is 12.3. The number of aromatic amines is 1. The van der Waals surface area contributed by atoms with E-state index in [1.54, 1.807) is 11.8 Å². The topological polar surface area (TPSA) is 153 Å². The van der Waals surface area contributed by atoms with Gasteiger partial charge >= 0.3 is 0 Å². The zero-order valence-corrected chi connectivity index (χ0v) is 15.2. The Hall–Kier alpha value is -2.17. The standard InChI is InChI=1S/C16H24N2O6.CH2O2/c1-15(22)6-9-23-16(14(15)21)4-7-18(8-5-16)13(20)3-2-11-10-12(19)17-24-11;2-1-3/h10,14,21-22H,2-9H2,1H3,(H,17,19);1H,(H,2,3)/t14-,15+;/m0./s1. The molecule has 0 bridgehead atoms. The van der Waals surface area contributed by atoms with E-state index in [2.05, 4.69) is 5.16 Å². The van der Waals surface area contributed by atoms with E-state index in [-0.39, 0.29) is 24.4 Å². The fourth-order valence-electron chi connectivity index (χ4n) is 3.63. The van der Waals surface area contributed by atoms with Crippen molar-refractivity contribution in [3.63, 3.8) is 0 Å². The van der Waals surface area contributed by atoms with Crippen molar-refractivity contribution in [3.05, 3.63) is 22.2 Å². The largest absolute Gasteiger partial charge is 0.483 e. The summed E-state index contributed by atoms with van der Waals surface area (Å²) in [5.41, 5.74) is -2.24. The predicted molar refractivity (Wildman–Crippen MR) is 92.1 cm³/mol. The molecule has 10 heteroatoms. The van der Waals surface area contributed by atoms with Crippen LogP contribution >= 0.6 is 0 Å². The van der Waals surface area contributed by atoms with Crippen LogP contribution in [0.1, 0.15) is 38.4 Å². The number of hydrogen-bond donors (Lipinski definition) is 4. The molecule has 2 atom stereocenters. The molecule has 0 radical (unpaired) electrons. The lowest BCUT2D eigenvalue weighted by Gasteiger charge is -2.51. The van der Waals surface area contributed by atoms with Crippen molar-refractivity contribution in [2.75, 3.05) is 19.7 Å². The third-order valence-electron chi connectivity index (χ3n) is 5.21. The highest BCUT2D eigenvalue weighted by Gasteiger charge is 2.52. The summed E-state index contributed by atoms with van der Waals surface area (Å²) in [6, 6.07) is 1.34. The number of carboxylic acid groups (broad SMARTS) is 1. The van der Waals surface area contributed by atoms with Gasteiger partial charge in [-0.2, -0.15) is 5.16 Å². The summed E-state index contributed by atoms with van der Waals surface area (Å²) in [6.45, 7) is 2.74. The highest BCUT2D eigenvalue weighted by molar-refractivity contribution is 5.76. The molecule has 1 spiro atoms. The SMILES string of the molecule is C[C@@]1(O)CCOC2(CCN(C(=O)CCc3cc(=O)[nH]o3)CC2)[C@H]1O.O=CO. The normalized spacial score (nSPS) is 26.9. The molecule has 0 saturated carbocycles. The Morgan fingerprint density at radius 3 is 2.59 bits per heavy atom. The van der Waals surface area contributed by atoms with Crippen LogP contribution in [0.4, 0.5) is 0 Å².